The second-order valence-corrected chi connectivity index (χ2v) is 12.1. The lowest BCUT2D eigenvalue weighted by atomic mass is 9.83. The highest BCUT2D eigenvalue weighted by Crippen LogP contribution is 2.44. The number of rotatable bonds is 6. The highest BCUT2D eigenvalue weighted by Gasteiger charge is 2.59. The van der Waals surface area contributed by atoms with Crippen LogP contribution < -0.4 is 0 Å². The van der Waals surface area contributed by atoms with Crippen molar-refractivity contribution in [2.24, 2.45) is 5.92 Å². The first-order valence-electron chi connectivity index (χ1n) is 12.2. The minimum Gasteiger partial charge on any atom is -0.358 e. The van der Waals surface area contributed by atoms with Crippen LogP contribution in [-0.4, -0.2) is 36.3 Å². The molecule has 0 radical (unpaired) electrons. The van der Waals surface area contributed by atoms with E-state index in [0.29, 0.717) is 28.3 Å². The average molecular weight is 550 g/mol. The first kappa shape index (κ1) is 26.0. The number of nitrogens with one attached hydrogen (secondary N) is 1. The first-order chi connectivity index (χ1) is 18.2. The number of carbonyl (C=O) groups excluding carboxylic acids is 1. The molecule has 0 spiro atoms. The summed E-state index contributed by atoms with van der Waals surface area (Å²) in [5.74, 6) is -2.29. The highest BCUT2D eigenvalue weighted by atomic mass is 35.5. The molecule has 38 heavy (non-hydrogen) atoms. The molecule has 194 valence electrons. The summed E-state index contributed by atoms with van der Waals surface area (Å²) >= 11 is 6.19. The summed E-state index contributed by atoms with van der Waals surface area (Å²) in [6.07, 6.45) is 0.590. The molecule has 0 bridgehead atoms. The molecule has 6 nitrogen and oxygen atoms in total. The Morgan fingerprint density at radius 3 is 2.61 bits per heavy atom. The van der Waals surface area contributed by atoms with Crippen LogP contribution >= 0.6 is 11.6 Å². The van der Waals surface area contributed by atoms with Gasteiger partial charge < -0.3 is 9.88 Å². The molecule has 0 saturated carbocycles. The number of aromatic nitrogens is 1. The van der Waals surface area contributed by atoms with E-state index in [1.165, 1.54) is 31.3 Å². The van der Waals surface area contributed by atoms with E-state index in [1.807, 2.05) is 12.1 Å². The van der Waals surface area contributed by atoms with Crippen LogP contribution in [0, 0.1) is 17.2 Å². The predicted octanol–water partition coefficient (Wildman–Crippen LogP) is 5.60. The van der Waals surface area contributed by atoms with Crippen molar-refractivity contribution in [1.29, 1.82) is 5.26 Å². The monoisotopic (exact) mass is 549 g/mol. The van der Waals surface area contributed by atoms with E-state index >= 15 is 4.39 Å². The van der Waals surface area contributed by atoms with Crippen LogP contribution in [0.3, 0.4) is 0 Å². The van der Waals surface area contributed by atoms with Gasteiger partial charge in [-0.15, -0.1) is 0 Å². The van der Waals surface area contributed by atoms with Gasteiger partial charge in [-0.1, -0.05) is 48.0 Å². The number of H-pyrrole nitrogens is 1. The predicted molar refractivity (Wildman–Crippen MR) is 144 cm³/mol. The first-order valence-corrected chi connectivity index (χ1v) is 14.0. The minimum atomic E-state index is -4.75. The lowest BCUT2D eigenvalue weighted by Crippen LogP contribution is -2.55. The van der Waals surface area contributed by atoms with Gasteiger partial charge in [0, 0.05) is 41.1 Å². The molecule has 9 heteroatoms. The number of fused-ring (bicyclic) bond motifs is 3. The quantitative estimate of drug-likeness (QED) is 0.339. The number of sulfone groups is 1. The van der Waals surface area contributed by atoms with Gasteiger partial charge in [-0.25, -0.2) is 12.8 Å². The largest absolute Gasteiger partial charge is 0.358 e. The van der Waals surface area contributed by atoms with Gasteiger partial charge in [0.25, 0.3) is 10.9 Å². The smallest absolute Gasteiger partial charge is 0.295 e. The zero-order valence-corrected chi connectivity index (χ0v) is 22.2. The van der Waals surface area contributed by atoms with Crippen molar-refractivity contribution >= 4 is 38.2 Å². The Bertz CT molecular complexity index is 1680. The number of benzene rings is 3. The van der Waals surface area contributed by atoms with Gasteiger partial charge in [0.2, 0.25) is 9.84 Å². The summed E-state index contributed by atoms with van der Waals surface area (Å²) in [4.78, 5) is 18.0. The summed E-state index contributed by atoms with van der Waals surface area (Å²) < 4.78 is 45.2. The van der Waals surface area contributed by atoms with Gasteiger partial charge in [-0.2, -0.15) is 5.26 Å². The highest BCUT2D eigenvalue weighted by molar-refractivity contribution is 7.93. The molecule has 1 aliphatic rings. The van der Waals surface area contributed by atoms with Crippen molar-refractivity contribution in [3.05, 3.63) is 100 Å². The topological polar surface area (TPSA) is 94.0 Å². The number of nitrogens with zero attached hydrogens (tertiary/aromatic N) is 2. The van der Waals surface area contributed by atoms with Crippen molar-refractivity contribution in [2.75, 3.05) is 7.05 Å². The van der Waals surface area contributed by atoms with E-state index in [4.69, 9.17) is 11.6 Å². The fourth-order valence-electron chi connectivity index (χ4n) is 5.35. The molecule has 0 saturated heterocycles. The average Bonchev–Trinajstić information content (AvgIpc) is 3.29. The van der Waals surface area contributed by atoms with E-state index in [1.54, 1.807) is 36.4 Å². The number of halogens is 2. The molecule has 0 aliphatic heterocycles. The standard InChI is InChI=1S/C29H25ClFN3O3S/c1-34(18-20-8-6-5-7-19(20)17-32)28(35)29(31,38(36,37)23-9-3-2-4-10-23)21-11-13-24-25-16-22(30)12-14-26(25)33-27(24)15-21/h2-10,12,14,16,21,33H,11,13,15,18H2,1H3. The maximum atomic E-state index is 17.4. The summed E-state index contributed by atoms with van der Waals surface area (Å²) in [7, 11) is -3.38. The van der Waals surface area contributed by atoms with Crippen molar-refractivity contribution in [3.8, 4) is 6.07 Å². The Kier molecular flexibility index (Phi) is 6.76. The molecule has 1 amide bonds. The van der Waals surface area contributed by atoms with Crippen molar-refractivity contribution in [1.82, 2.24) is 9.88 Å². The van der Waals surface area contributed by atoms with Crippen LogP contribution in [0.4, 0.5) is 4.39 Å². The van der Waals surface area contributed by atoms with Crippen molar-refractivity contribution < 1.29 is 17.6 Å². The number of hydrogen-bond donors (Lipinski definition) is 1. The Morgan fingerprint density at radius 2 is 1.87 bits per heavy atom. The fourth-order valence-corrected chi connectivity index (χ4v) is 7.41. The molecule has 1 aromatic heterocycles. The summed E-state index contributed by atoms with van der Waals surface area (Å²) in [6.45, 7) is -0.110. The lowest BCUT2D eigenvalue weighted by molar-refractivity contribution is -0.141. The third-order valence-electron chi connectivity index (χ3n) is 7.30. The number of nitriles is 1. The van der Waals surface area contributed by atoms with Crippen molar-refractivity contribution in [3.63, 3.8) is 0 Å². The zero-order valence-electron chi connectivity index (χ0n) is 20.6. The second-order valence-electron chi connectivity index (χ2n) is 9.60. The molecule has 0 fully saturated rings. The summed E-state index contributed by atoms with van der Waals surface area (Å²) in [5.41, 5.74) is 3.33. The fraction of sp³-hybridized carbons (Fsp3) is 0.241. The SMILES string of the molecule is CN(Cc1ccccc1C#N)C(=O)C(F)(C1CCc2c([nH]c3ccc(Cl)cc23)C1)S(=O)(=O)c1ccccc1. The lowest BCUT2D eigenvalue weighted by Gasteiger charge is -2.37. The molecule has 1 aliphatic carbocycles. The molecule has 2 atom stereocenters. The Morgan fingerprint density at radius 1 is 1.16 bits per heavy atom. The summed E-state index contributed by atoms with van der Waals surface area (Å²) in [6, 6.07) is 21.4. The van der Waals surface area contributed by atoms with Crippen LogP contribution in [-0.2, 0) is 34.0 Å². The molecule has 5 rings (SSSR count). The molecular weight excluding hydrogens is 525 g/mol. The number of aromatic amines is 1. The van der Waals surface area contributed by atoms with Gasteiger partial charge in [-0.3, -0.25) is 4.79 Å². The third kappa shape index (κ3) is 4.26. The van der Waals surface area contributed by atoms with Gasteiger partial charge >= 0.3 is 0 Å². The van der Waals surface area contributed by atoms with Crippen LogP contribution in [0.25, 0.3) is 10.9 Å². The van der Waals surface area contributed by atoms with Gasteiger partial charge in [-0.05, 0) is 66.8 Å². The van der Waals surface area contributed by atoms with Gasteiger partial charge in [0.15, 0.2) is 0 Å². The Labute approximate surface area is 225 Å². The number of hydrogen-bond acceptors (Lipinski definition) is 4. The van der Waals surface area contributed by atoms with E-state index in [-0.39, 0.29) is 24.3 Å². The zero-order chi connectivity index (χ0) is 27.1. The number of amides is 1. The molecular formula is C29H25ClFN3O3S. The normalized spacial score (nSPS) is 16.8. The molecule has 1 N–H and O–H groups in total. The van der Waals surface area contributed by atoms with Crippen LogP contribution in [0.5, 0.6) is 0 Å². The molecule has 3 aromatic carbocycles. The van der Waals surface area contributed by atoms with E-state index in [9.17, 15) is 18.5 Å². The van der Waals surface area contributed by atoms with Crippen LogP contribution in [0.15, 0.2) is 77.7 Å². The number of alkyl halides is 1. The van der Waals surface area contributed by atoms with Gasteiger partial charge in [0.1, 0.15) is 0 Å². The second kappa shape index (κ2) is 9.90. The Balaban J connectivity index is 1.57. The molecule has 2 unspecified atom stereocenters. The maximum Gasteiger partial charge on any atom is 0.295 e. The van der Waals surface area contributed by atoms with Gasteiger partial charge in [0.05, 0.1) is 16.5 Å². The van der Waals surface area contributed by atoms with E-state index in [2.05, 4.69) is 11.1 Å². The summed E-state index contributed by atoms with van der Waals surface area (Å²) in [5, 5.41) is 7.71. The van der Waals surface area contributed by atoms with Crippen molar-refractivity contribution in [2.45, 2.75) is 35.7 Å². The van der Waals surface area contributed by atoms with Crippen LogP contribution in [0.1, 0.15) is 28.8 Å². The third-order valence-corrected chi connectivity index (χ3v) is 9.72. The number of aryl methyl sites for hydroxylation is 1. The minimum absolute atomic E-state index is 0.0402. The van der Waals surface area contributed by atoms with E-state index in [0.717, 1.165) is 21.4 Å². The van der Waals surface area contributed by atoms with Crippen LogP contribution in [0.2, 0.25) is 5.02 Å². The number of carbonyl (C=O) groups is 1. The Hall–Kier alpha value is -3.67. The van der Waals surface area contributed by atoms with E-state index < -0.39 is 26.7 Å². The maximum absolute atomic E-state index is 17.4. The molecule has 4 aromatic rings. The molecule has 1 heterocycles.